The first-order chi connectivity index (χ1) is 8.24. The van der Waals surface area contributed by atoms with Crippen molar-refractivity contribution in [1.82, 2.24) is 15.6 Å². The average Bonchev–Trinajstić information content (AvgIpc) is 2.79. The zero-order valence-corrected chi connectivity index (χ0v) is 9.90. The van der Waals surface area contributed by atoms with E-state index in [1.807, 2.05) is 25.1 Å². The van der Waals surface area contributed by atoms with Crippen molar-refractivity contribution in [3.8, 4) is 0 Å². The van der Waals surface area contributed by atoms with Crippen LogP contribution in [0.3, 0.4) is 0 Å². The second kappa shape index (κ2) is 5.63. The van der Waals surface area contributed by atoms with Crippen molar-refractivity contribution in [2.24, 2.45) is 0 Å². The highest BCUT2D eigenvalue weighted by Crippen LogP contribution is 2.03. The van der Waals surface area contributed by atoms with Crippen LogP contribution in [0.5, 0.6) is 0 Å². The summed E-state index contributed by atoms with van der Waals surface area (Å²) >= 11 is 0. The Labute approximate surface area is 101 Å². The minimum atomic E-state index is -0.163. The highest BCUT2D eigenvalue weighted by atomic mass is 16.5. The van der Waals surface area contributed by atoms with E-state index in [0.717, 1.165) is 24.4 Å². The summed E-state index contributed by atoms with van der Waals surface area (Å²) in [6.07, 6.45) is 0.885. The summed E-state index contributed by atoms with van der Waals surface area (Å²) in [6.45, 7) is 3.71. The van der Waals surface area contributed by atoms with E-state index in [9.17, 15) is 4.79 Å². The Balaban J connectivity index is 1.75. The molecule has 1 atom stereocenters. The van der Waals surface area contributed by atoms with Crippen molar-refractivity contribution >= 4 is 6.03 Å². The largest absolute Gasteiger partial charge is 0.379 e. The van der Waals surface area contributed by atoms with Crippen LogP contribution in [-0.4, -0.2) is 30.3 Å². The molecule has 1 saturated heterocycles. The molecule has 17 heavy (non-hydrogen) atoms. The van der Waals surface area contributed by atoms with Crippen molar-refractivity contribution in [3.05, 3.63) is 29.6 Å². The number of ether oxygens (including phenoxy) is 1. The highest BCUT2D eigenvalue weighted by molar-refractivity contribution is 5.74. The molecule has 1 aliphatic rings. The van der Waals surface area contributed by atoms with Crippen molar-refractivity contribution < 1.29 is 9.53 Å². The van der Waals surface area contributed by atoms with E-state index in [1.54, 1.807) is 0 Å². The molecule has 0 spiro atoms. The molecule has 1 fully saturated rings. The Morgan fingerprint density at radius 3 is 3.18 bits per heavy atom. The predicted octanol–water partition coefficient (Wildman–Crippen LogP) is 0.978. The monoisotopic (exact) mass is 235 g/mol. The molecule has 0 aliphatic carbocycles. The quantitative estimate of drug-likeness (QED) is 0.820. The standard InChI is InChI=1S/C12H17N3O2/c1-9-3-2-4-10(14-9)7-13-12(16)15-11-5-6-17-8-11/h2-4,11H,5-8H2,1H3,(H2,13,15,16). The molecule has 1 aliphatic heterocycles. The number of aromatic nitrogens is 1. The summed E-state index contributed by atoms with van der Waals surface area (Å²) in [5, 5.41) is 5.65. The summed E-state index contributed by atoms with van der Waals surface area (Å²) < 4.78 is 5.18. The van der Waals surface area contributed by atoms with Gasteiger partial charge in [0.1, 0.15) is 0 Å². The molecule has 92 valence electrons. The van der Waals surface area contributed by atoms with E-state index in [2.05, 4.69) is 15.6 Å². The lowest BCUT2D eigenvalue weighted by atomic mass is 10.3. The van der Waals surface area contributed by atoms with E-state index in [4.69, 9.17) is 4.74 Å². The third-order valence-corrected chi connectivity index (χ3v) is 2.64. The van der Waals surface area contributed by atoms with Gasteiger partial charge < -0.3 is 15.4 Å². The lowest BCUT2D eigenvalue weighted by Crippen LogP contribution is -2.42. The van der Waals surface area contributed by atoms with Crippen LogP contribution in [0.4, 0.5) is 4.79 Å². The fourth-order valence-corrected chi connectivity index (χ4v) is 1.75. The van der Waals surface area contributed by atoms with Gasteiger partial charge in [-0.15, -0.1) is 0 Å². The fraction of sp³-hybridized carbons (Fsp3) is 0.500. The van der Waals surface area contributed by atoms with Gasteiger partial charge in [-0.2, -0.15) is 0 Å². The van der Waals surface area contributed by atoms with Gasteiger partial charge in [0, 0.05) is 12.3 Å². The van der Waals surface area contributed by atoms with E-state index < -0.39 is 0 Å². The molecule has 1 aromatic heterocycles. The summed E-state index contributed by atoms with van der Waals surface area (Å²) in [7, 11) is 0. The van der Waals surface area contributed by atoms with E-state index in [1.165, 1.54) is 0 Å². The first-order valence-electron chi connectivity index (χ1n) is 5.78. The van der Waals surface area contributed by atoms with E-state index >= 15 is 0 Å². The van der Waals surface area contributed by atoms with Crippen molar-refractivity contribution in [1.29, 1.82) is 0 Å². The molecule has 0 radical (unpaired) electrons. The first-order valence-corrected chi connectivity index (χ1v) is 5.78. The molecule has 1 aromatic rings. The summed E-state index contributed by atoms with van der Waals surface area (Å²) in [4.78, 5) is 15.9. The smallest absolute Gasteiger partial charge is 0.315 e. The maximum absolute atomic E-state index is 11.6. The molecule has 2 N–H and O–H groups in total. The molecule has 1 unspecified atom stereocenters. The lowest BCUT2D eigenvalue weighted by Gasteiger charge is -2.11. The lowest BCUT2D eigenvalue weighted by molar-refractivity contribution is 0.188. The van der Waals surface area contributed by atoms with Crippen LogP contribution in [0.2, 0.25) is 0 Å². The number of aryl methyl sites for hydroxylation is 1. The number of carbonyl (C=O) groups excluding carboxylic acids is 1. The fourth-order valence-electron chi connectivity index (χ4n) is 1.75. The molecule has 0 saturated carbocycles. The summed E-state index contributed by atoms with van der Waals surface area (Å²) in [5.41, 5.74) is 1.82. The van der Waals surface area contributed by atoms with E-state index in [-0.39, 0.29) is 12.1 Å². The minimum Gasteiger partial charge on any atom is -0.379 e. The van der Waals surface area contributed by atoms with Crippen molar-refractivity contribution in [2.45, 2.75) is 25.9 Å². The SMILES string of the molecule is Cc1cccc(CNC(=O)NC2CCOC2)n1. The molecule has 2 amide bonds. The number of carbonyl (C=O) groups is 1. The molecular weight excluding hydrogens is 218 g/mol. The van der Waals surface area contributed by atoms with Gasteiger partial charge in [-0.1, -0.05) is 6.07 Å². The van der Waals surface area contributed by atoms with Crippen LogP contribution in [0.1, 0.15) is 17.8 Å². The number of rotatable bonds is 3. The Morgan fingerprint density at radius 1 is 1.59 bits per heavy atom. The van der Waals surface area contributed by atoms with Crippen LogP contribution < -0.4 is 10.6 Å². The van der Waals surface area contributed by atoms with Crippen molar-refractivity contribution in [3.63, 3.8) is 0 Å². The van der Waals surface area contributed by atoms with Crippen LogP contribution in [0, 0.1) is 6.92 Å². The number of hydrogen-bond donors (Lipinski definition) is 2. The van der Waals surface area contributed by atoms with Gasteiger partial charge in [-0.05, 0) is 25.5 Å². The van der Waals surface area contributed by atoms with Crippen LogP contribution in [-0.2, 0) is 11.3 Å². The zero-order chi connectivity index (χ0) is 12.1. The normalized spacial score (nSPS) is 19.0. The predicted molar refractivity (Wildman–Crippen MR) is 63.6 cm³/mol. The molecule has 2 rings (SSSR count). The van der Waals surface area contributed by atoms with Gasteiger partial charge in [0.15, 0.2) is 0 Å². The van der Waals surface area contributed by atoms with Gasteiger partial charge in [-0.3, -0.25) is 4.98 Å². The molecule has 5 heteroatoms. The van der Waals surface area contributed by atoms with Crippen LogP contribution in [0.15, 0.2) is 18.2 Å². The number of urea groups is 1. The number of pyridine rings is 1. The number of amides is 2. The van der Waals surface area contributed by atoms with Gasteiger partial charge >= 0.3 is 6.03 Å². The third-order valence-electron chi connectivity index (χ3n) is 2.64. The Hall–Kier alpha value is -1.62. The molecule has 5 nitrogen and oxygen atoms in total. The van der Waals surface area contributed by atoms with Crippen molar-refractivity contribution in [2.75, 3.05) is 13.2 Å². The second-order valence-corrected chi connectivity index (χ2v) is 4.16. The zero-order valence-electron chi connectivity index (χ0n) is 9.90. The first kappa shape index (κ1) is 11.9. The highest BCUT2D eigenvalue weighted by Gasteiger charge is 2.17. The van der Waals surface area contributed by atoms with Crippen LogP contribution >= 0.6 is 0 Å². The third kappa shape index (κ3) is 3.71. The topological polar surface area (TPSA) is 63.2 Å². The van der Waals surface area contributed by atoms with Gasteiger partial charge in [0.2, 0.25) is 0 Å². The Kier molecular flexibility index (Phi) is 3.93. The van der Waals surface area contributed by atoms with Gasteiger partial charge in [0.25, 0.3) is 0 Å². The minimum absolute atomic E-state index is 0.139. The Bertz CT molecular complexity index is 389. The molecular formula is C12H17N3O2. The van der Waals surface area contributed by atoms with E-state index in [0.29, 0.717) is 13.2 Å². The number of nitrogens with zero attached hydrogens (tertiary/aromatic N) is 1. The Morgan fingerprint density at radius 2 is 2.47 bits per heavy atom. The maximum Gasteiger partial charge on any atom is 0.315 e. The maximum atomic E-state index is 11.6. The summed E-state index contributed by atoms with van der Waals surface area (Å²) in [6, 6.07) is 5.73. The second-order valence-electron chi connectivity index (χ2n) is 4.16. The average molecular weight is 235 g/mol. The number of nitrogens with one attached hydrogen (secondary N) is 2. The van der Waals surface area contributed by atoms with Gasteiger partial charge in [0.05, 0.1) is 24.9 Å². The summed E-state index contributed by atoms with van der Waals surface area (Å²) in [5.74, 6) is 0. The molecule has 0 bridgehead atoms. The molecule has 2 heterocycles. The van der Waals surface area contributed by atoms with Gasteiger partial charge in [-0.25, -0.2) is 4.79 Å². The van der Waals surface area contributed by atoms with Crippen LogP contribution in [0.25, 0.3) is 0 Å². The number of hydrogen-bond acceptors (Lipinski definition) is 3. The molecule has 0 aromatic carbocycles.